The molecule has 2 saturated heterocycles. The van der Waals surface area contributed by atoms with E-state index in [-0.39, 0.29) is 17.0 Å². The van der Waals surface area contributed by atoms with Gasteiger partial charge in [-0.15, -0.1) is 0 Å². The van der Waals surface area contributed by atoms with Crippen LogP contribution in [0, 0.1) is 0 Å². The number of nitrogens with one attached hydrogen (secondary N) is 2. The highest BCUT2D eigenvalue weighted by molar-refractivity contribution is 5.78. The lowest BCUT2D eigenvalue weighted by Gasteiger charge is -2.46. The van der Waals surface area contributed by atoms with Gasteiger partial charge in [-0.2, -0.15) is 0 Å². The molecule has 0 aromatic rings. The number of piperazine rings is 2. The maximum absolute atomic E-state index is 11.6. The fourth-order valence-corrected chi connectivity index (χ4v) is 3.46. The van der Waals surface area contributed by atoms with Gasteiger partial charge >= 0.3 is 0 Å². The molecule has 5 heteroatoms. The minimum Gasteiger partial charge on any atom is -0.354 e. The molecule has 0 aliphatic carbocycles. The van der Waals surface area contributed by atoms with Crippen molar-refractivity contribution in [1.82, 2.24) is 20.4 Å². The molecule has 2 aliphatic heterocycles. The lowest BCUT2D eigenvalue weighted by Crippen LogP contribution is -2.61. The Kier molecular flexibility index (Phi) is 4.96. The second-order valence-electron chi connectivity index (χ2n) is 8.06. The van der Waals surface area contributed by atoms with E-state index in [9.17, 15) is 4.79 Å². The topological polar surface area (TPSA) is 47.6 Å². The highest BCUT2D eigenvalue weighted by Crippen LogP contribution is 2.24. The average Bonchev–Trinajstić information content (AvgIpc) is 2.37. The Bertz CT molecular complexity index is 375. The first-order valence-corrected chi connectivity index (χ1v) is 8.19. The van der Waals surface area contributed by atoms with E-state index in [1.165, 1.54) is 0 Å². The molecule has 0 spiro atoms. The first-order valence-electron chi connectivity index (χ1n) is 8.19. The molecule has 2 N–H and O–H groups in total. The number of carbonyl (C=O) groups excluding carboxylic acids is 1. The average molecular weight is 296 g/mol. The van der Waals surface area contributed by atoms with Crippen molar-refractivity contribution in [2.45, 2.75) is 58.2 Å². The molecule has 122 valence electrons. The van der Waals surface area contributed by atoms with Crippen molar-refractivity contribution in [3.63, 3.8) is 0 Å². The molecule has 2 aliphatic rings. The van der Waals surface area contributed by atoms with Crippen LogP contribution in [0.4, 0.5) is 0 Å². The zero-order valence-electron chi connectivity index (χ0n) is 14.3. The Morgan fingerprint density at radius 2 is 1.76 bits per heavy atom. The summed E-state index contributed by atoms with van der Waals surface area (Å²) in [6.07, 6.45) is 1.08. The van der Waals surface area contributed by atoms with E-state index >= 15 is 0 Å². The molecule has 0 aromatic heterocycles. The molecule has 0 saturated carbocycles. The Hall–Kier alpha value is -0.650. The molecule has 0 bridgehead atoms. The third-order valence-corrected chi connectivity index (χ3v) is 4.84. The summed E-state index contributed by atoms with van der Waals surface area (Å²) in [6.45, 7) is 16.9. The van der Waals surface area contributed by atoms with Crippen LogP contribution in [-0.4, -0.2) is 72.1 Å². The first-order chi connectivity index (χ1) is 9.68. The Morgan fingerprint density at radius 1 is 1.10 bits per heavy atom. The van der Waals surface area contributed by atoms with E-state index in [4.69, 9.17) is 0 Å². The van der Waals surface area contributed by atoms with Crippen LogP contribution < -0.4 is 10.6 Å². The standard InChI is InChI=1S/C16H32N4O/c1-15(2,3)19-8-6-17-13(11-19)10-16(4,5)20-9-7-18-14(21)12-20/h13,17H,6-12H2,1-5H3,(H,18,21). The van der Waals surface area contributed by atoms with E-state index in [2.05, 4.69) is 55.1 Å². The molecule has 1 atom stereocenters. The van der Waals surface area contributed by atoms with Crippen LogP contribution >= 0.6 is 0 Å². The predicted molar refractivity (Wildman–Crippen MR) is 86.4 cm³/mol. The number of hydrogen-bond donors (Lipinski definition) is 2. The van der Waals surface area contributed by atoms with Crippen molar-refractivity contribution in [1.29, 1.82) is 0 Å². The summed E-state index contributed by atoms with van der Waals surface area (Å²) < 4.78 is 0. The quantitative estimate of drug-likeness (QED) is 0.803. The second-order valence-corrected chi connectivity index (χ2v) is 8.06. The zero-order valence-corrected chi connectivity index (χ0v) is 14.3. The third-order valence-electron chi connectivity index (χ3n) is 4.84. The van der Waals surface area contributed by atoms with Gasteiger partial charge in [-0.3, -0.25) is 14.6 Å². The normalized spacial score (nSPS) is 26.7. The summed E-state index contributed by atoms with van der Waals surface area (Å²) >= 11 is 0. The second kappa shape index (κ2) is 6.23. The number of hydrogen-bond acceptors (Lipinski definition) is 4. The van der Waals surface area contributed by atoms with Crippen LogP contribution in [0.5, 0.6) is 0 Å². The molecule has 2 rings (SSSR count). The van der Waals surface area contributed by atoms with E-state index < -0.39 is 0 Å². The van der Waals surface area contributed by atoms with Gasteiger partial charge in [-0.1, -0.05) is 0 Å². The van der Waals surface area contributed by atoms with Crippen molar-refractivity contribution in [3.05, 3.63) is 0 Å². The van der Waals surface area contributed by atoms with Crippen LogP contribution in [0.25, 0.3) is 0 Å². The molecular formula is C16H32N4O. The monoisotopic (exact) mass is 296 g/mol. The largest absolute Gasteiger partial charge is 0.354 e. The fraction of sp³-hybridized carbons (Fsp3) is 0.938. The van der Waals surface area contributed by atoms with E-state index in [0.717, 1.165) is 39.1 Å². The van der Waals surface area contributed by atoms with Gasteiger partial charge in [0.25, 0.3) is 0 Å². The van der Waals surface area contributed by atoms with Gasteiger partial charge in [0.1, 0.15) is 0 Å². The van der Waals surface area contributed by atoms with Crippen LogP contribution in [0.1, 0.15) is 41.0 Å². The van der Waals surface area contributed by atoms with Crippen LogP contribution in [0.15, 0.2) is 0 Å². The molecule has 21 heavy (non-hydrogen) atoms. The summed E-state index contributed by atoms with van der Waals surface area (Å²) in [5.74, 6) is 0.155. The number of nitrogens with zero attached hydrogens (tertiary/aromatic N) is 2. The molecule has 2 fully saturated rings. The summed E-state index contributed by atoms with van der Waals surface area (Å²) in [5, 5.41) is 6.57. The van der Waals surface area contributed by atoms with Gasteiger partial charge in [-0.05, 0) is 41.0 Å². The summed E-state index contributed by atoms with van der Waals surface area (Å²) in [5.41, 5.74) is 0.284. The van der Waals surface area contributed by atoms with Crippen molar-refractivity contribution in [3.8, 4) is 0 Å². The highest BCUT2D eigenvalue weighted by Gasteiger charge is 2.35. The van der Waals surface area contributed by atoms with Crippen LogP contribution in [0.3, 0.4) is 0 Å². The fourth-order valence-electron chi connectivity index (χ4n) is 3.46. The molecule has 5 nitrogen and oxygen atoms in total. The molecule has 1 unspecified atom stereocenters. The third kappa shape index (κ3) is 4.41. The van der Waals surface area contributed by atoms with Gasteiger partial charge in [-0.25, -0.2) is 0 Å². The van der Waals surface area contributed by atoms with Gasteiger partial charge in [0.05, 0.1) is 6.54 Å². The Morgan fingerprint density at radius 3 is 2.38 bits per heavy atom. The van der Waals surface area contributed by atoms with Crippen LogP contribution in [0.2, 0.25) is 0 Å². The van der Waals surface area contributed by atoms with Crippen molar-refractivity contribution in [2.75, 3.05) is 39.3 Å². The highest BCUT2D eigenvalue weighted by atomic mass is 16.2. The van der Waals surface area contributed by atoms with Gasteiger partial charge < -0.3 is 10.6 Å². The molecule has 2 heterocycles. The summed E-state index contributed by atoms with van der Waals surface area (Å²) in [7, 11) is 0. The van der Waals surface area contributed by atoms with E-state index in [0.29, 0.717) is 12.6 Å². The number of rotatable bonds is 3. The van der Waals surface area contributed by atoms with E-state index in [1.54, 1.807) is 0 Å². The maximum atomic E-state index is 11.6. The Balaban J connectivity index is 1.94. The van der Waals surface area contributed by atoms with E-state index in [1.807, 2.05) is 0 Å². The van der Waals surface area contributed by atoms with Gasteiger partial charge in [0, 0.05) is 49.8 Å². The minimum absolute atomic E-state index is 0.0519. The maximum Gasteiger partial charge on any atom is 0.234 e. The van der Waals surface area contributed by atoms with Crippen LogP contribution in [-0.2, 0) is 4.79 Å². The number of amides is 1. The smallest absolute Gasteiger partial charge is 0.234 e. The summed E-state index contributed by atoms with van der Waals surface area (Å²) in [4.78, 5) is 16.5. The molecule has 0 radical (unpaired) electrons. The number of carbonyl (C=O) groups is 1. The predicted octanol–water partition coefficient (Wildman–Crippen LogP) is 0.659. The Labute approximate surface area is 129 Å². The molecule has 0 aromatic carbocycles. The first kappa shape index (κ1) is 16.7. The van der Waals surface area contributed by atoms with Gasteiger partial charge in [0.2, 0.25) is 5.91 Å². The minimum atomic E-state index is 0.0519. The molecular weight excluding hydrogens is 264 g/mol. The summed E-state index contributed by atoms with van der Waals surface area (Å²) in [6, 6.07) is 0.498. The van der Waals surface area contributed by atoms with Gasteiger partial charge in [0.15, 0.2) is 0 Å². The van der Waals surface area contributed by atoms with Crippen molar-refractivity contribution in [2.24, 2.45) is 0 Å². The zero-order chi connectivity index (χ0) is 15.7. The van der Waals surface area contributed by atoms with Crippen molar-refractivity contribution < 1.29 is 4.79 Å². The van der Waals surface area contributed by atoms with Crippen molar-refractivity contribution >= 4 is 5.91 Å². The molecule has 1 amide bonds. The lowest BCUT2D eigenvalue weighted by molar-refractivity contribution is -0.126. The lowest BCUT2D eigenvalue weighted by atomic mass is 9.90. The SMILES string of the molecule is CC(C)(C)N1CCNC(CC(C)(C)N2CCNC(=O)C2)C1.